The molecule has 0 N–H and O–H groups in total. The van der Waals surface area contributed by atoms with Gasteiger partial charge in [-0.05, 0) is 0 Å². The molecule has 0 saturated heterocycles. The number of halogens is 3. The van der Waals surface area contributed by atoms with Crippen LogP contribution in [0.4, 0.5) is 0 Å². The van der Waals surface area contributed by atoms with Crippen LogP contribution in [0.15, 0.2) is 24.3 Å². The Labute approximate surface area is 105 Å². The molecule has 0 fully saturated rings. The van der Waals surface area contributed by atoms with Gasteiger partial charge >= 0.3 is 108 Å². The summed E-state index contributed by atoms with van der Waals surface area (Å²) in [5.74, 6) is 1.05. The van der Waals surface area contributed by atoms with Gasteiger partial charge in [-0.25, -0.2) is 0 Å². The molecule has 5 heteroatoms. The van der Waals surface area contributed by atoms with E-state index in [9.17, 15) is 0 Å². The van der Waals surface area contributed by atoms with Crippen LogP contribution in [0, 0.1) is 6.92 Å². The molecule has 0 aliphatic heterocycles. The molecule has 12 heavy (non-hydrogen) atoms. The van der Waals surface area contributed by atoms with Crippen LogP contribution in [0.3, 0.4) is 0 Å². The van der Waals surface area contributed by atoms with Crippen molar-refractivity contribution >= 4 is 54.4 Å². The van der Waals surface area contributed by atoms with Crippen LogP contribution in [0.2, 0.25) is 0 Å². The van der Waals surface area contributed by atoms with E-state index >= 15 is 0 Å². The zero-order valence-electron chi connectivity index (χ0n) is 6.35. The Balaban J connectivity index is 2.83. The standard InChI is InChI=1S/C7H8O.Hf.3HI/c1-6-4-2-3-5-7(6)8;;;;/h2-5,8H,1H3;;3*1H/q;+4;;;/p-4. The summed E-state index contributed by atoms with van der Waals surface area (Å²) in [5.41, 5.74) is 1.23. The van der Waals surface area contributed by atoms with Crippen LogP contribution in [0.25, 0.3) is 0 Å². The van der Waals surface area contributed by atoms with Gasteiger partial charge in [-0.3, -0.25) is 0 Å². The Hall–Kier alpha value is 2.08. The van der Waals surface area contributed by atoms with Gasteiger partial charge in [-0.1, -0.05) is 0 Å². The minimum absolute atomic E-state index is 1.05. The molecule has 0 aromatic heterocycles. The average molecular weight is 666 g/mol. The first-order valence-electron chi connectivity index (χ1n) is 3.30. The third-order valence-electron chi connectivity index (χ3n) is 1.32. The van der Waals surface area contributed by atoms with Crippen molar-refractivity contribution in [2.75, 3.05) is 0 Å². The van der Waals surface area contributed by atoms with Crippen LogP contribution < -0.4 is 2.85 Å². The molecular formula is C7H7HfI3O. The summed E-state index contributed by atoms with van der Waals surface area (Å²) < 4.78 is 5.91. The normalized spacial score (nSPS) is 11.3. The van der Waals surface area contributed by atoms with E-state index in [2.05, 4.69) is 67.4 Å². The second-order valence-electron chi connectivity index (χ2n) is 2.31. The van der Waals surface area contributed by atoms with E-state index in [1.807, 2.05) is 18.2 Å². The molecule has 1 rings (SSSR count). The molecule has 1 nitrogen and oxygen atoms in total. The molecule has 0 radical (unpaired) electrons. The minimum atomic E-state index is -2.31. The molecule has 0 aliphatic carbocycles. The van der Waals surface area contributed by atoms with E-state index < -0.39 is 7.94 Å². The van der Waals surface area contributed by atoms with Crippen molar-refractivity contribution in [2.24, 2.45) is 0 Å². The Morgan fingerprint density at radius 3 is 2.25 bits per heavy atom. The summed E-state index contributed by atoms with van der Waals surface area (Å²) in [6.07, 6.45) is 0. The van der Waals surface area contributed by atoms with Crippen LogP contribution in [0.5, 0.6) is 5.75 Å². The zero-order valence-corrected chi connectivity index (χ0v) is 16.4. The van der Waals surface area contributed by atoms with E-state index in [0.29, 0.717) is 0 Å². The molecule has 1 aromatic rings. The zero-order chi connectivity index (χ0) is 9.19. The summed E-state index contributed by atoms with van der Waals surface area (Å²) in [6.45, 7) is 2.08. The van der Waals surface area contributed by atoms with Gasteiger partial charge in [-0.2, -0.15) is 0 Å². The van der Waals surface area contributed by atoms with Crippen molar-refractivity contribution in [3.05, 3.63) is 29.8 Å². The van der Waals surface area contributed by atoms with E-state index in [0.717, 1.165) is 5.75 Å². The van der Waals surface area contributed by atoms with Crippen LogP contribution in [0.1, 0.15) is 5.56 Å². The molecule has 0 amide bonds. The van der Waals surface area contributed by atoms with Crippen molar-refractivity contribution in [3.8, 4) is 5.75 Å². The Morgan fingerprint density at radius 1 is 1.17 bits per heavy atom. The van der Waals surface area contributed by atoms with E-state index in [1.165, 1.54) is 5.56 Å². The van der Waals surface area contributed by atoms with Crippen molar-refractivity contribution in [2.45, 2.75) is 6.92 Å². The van der Waals surface area contributed by atoms with E-state index in [1.54, 1.807) is 0 Å². The summed E-state index contributed by atoms with van der Waals surface area (Å²) >= 11 is 7.41. The number of para-hydroxylation sites is 1. The van der Waals surface area contributed by atoms with Crippen molar-refractivity contribution < 1.29 is 10.8 Å². The summed E-state index contributed by atoms with van der Waals surface area (Å²) in [5, 5.41) is 0. The molecule has 0 saturated carbocycles. The SMILES string of the molecule is Cc1ccccc1[O][Hf]([I])([I])[I]. The van der Waals surface area contributed by atoms with Crippen molar-refractivity contribution in [3.63, 3.8) is 0 Å². The van der Waals surface area contributed by atoms with Gasteiger partial charge in [0.25, 0.3) is 0 Å². The summed E-state index contributed by atoms with van der Waals surface area (Å²) in [6, 6.07) is 8.18. The van der Waals surface area contributed by atoms with Crippen molar-refractivity contribution in [1.82, 2.24) is 0 Å². The fourth-order valence-electron chi connectivity index (χ4n) is 0.796. The van der Waals surface area contributed by atoms with Gasteiger partial charge in [0.1, 0.15) is 0 Å². The second-order valence-corrected chi connectivity index (χ2v) is 94.2. The predicted molar refractivity (Wildman–Crippen MR) is 73.9 cm³/mol. The third kappa shape index (κ3) is 4.54. The Kier molecular flexibility index (Phi) is 5.31. The fraction of sp³-hybridized carbons (Fsp3) is 0.143. The number of hydrogen-bond donors (Lipinski definition) is 0. The number of aryl methyl sites for hydroxylation is 1. The van der Waals surface area contributed by atoms with Crippen LogP contribution >= 0.6 is 54.4 Å². The molecule has 0 bridgehead atoms. The predicted octanol–water partition coefficient (Wildman–Crippen LogP) is 4.49. The second kappa shape index (κ2) is 5.24. The van der Waals surface area contributed by atoms with Gasteiger partial charge in [0.05, 0.1) is 0 Å². The molecule has 0 unspecified atom stereocenters. The maximum absolute atomic E-state index is 5.91. The first-order chi connectivity index (χ1) is 5.49. The molecule has 1 aromatic carbocycles. The Bertz CT molecular complexity index is 272. The van der Waals surface area contributed by atoms with Gasteiger partial charge in [0.15, 0.2) is 0 Å². The first-order valence-corrected chi connectivity index (χ1v) is 35.3. The van der Waals surface area contributed by atoms with Gasteiger partial charge in [0.2, 0.25) is 0 Å². The van der Waals surface area contributed by atoms with Gasteiger partial charge < -0.3 is 0 Å². The Morgan fingerprint density at radius 2 is 1.75 bits per heavy atom. The van der Waals surface area contributed by atoms with Gasteiger partial charge in [0, 0.05) is 0 Å². The van der Waals surface area contributed by atoms with Crippen molar-refractivity contribution in [1.29, 1.82) is 0 Å². The van der Waals surface area contributed by atoms with E-state index in [-0.39, 0.29) is 0 Å². The number of hydrogen-bond acceptors (Lipinski definition) is 1. The average Bonchev–Trinajstić information content (AvgIpc) is 1.91. The third-order valence-corrected chi connectivity index (χ3v) is 8.35. The molecular weight excluding hydrogens is 659 g/mol. The van der Waals surface area contributed by atoms with Gasteiger partial charge in [-0.15, -0.1) is 0 Å². The maximum atomic E-state index is 5.91. The topological polar surface area (TPSA) is 9.23 Å². The fourth-order valence-corrected chi connectivity index (χ4v) is 8.34. The quantitative estimate of drug-likeness (QED) is 0.334. The molecule has 0 heterocycles. The first kappa shape index (κ1) is 12.2. The van der Waals surface area contributed by atoms with E-state index in [4.69, 9.17) is 2.85 Å². The monoisotopic (exact) mass is 668 g/mol. The van der Waals surface area contributed by atoms with Crippen LogP contribution in [-0.4, -0.2) is 0 Å². The number of rotatable bonds is 2. The molecule has 0 aliphatic rings. The molecule has 66 valence electrons. The number of benzene rings is 1. The molecule has 0 spiro atoms. The summed E-state index contributed by atoms with van der Waals surface area (Å²) in [7, 11) is -2.31. The van der Waals surface area contributed by atoms with Crippen LogP contribution in [-0.2, 0) is 7.94 Å². The summed E-state index contributed by atoms with van der Waals surface area (Å²) in [4.78, 5) is 0. The molecule has 0 atom stereocenters.